The van der Waals surface area contributed by atoms with Crippen molar-refractivity contribution in [2.75, 3.05) is 18.4 Å². The zero-order chi connectivity index (χ0) is 13.8. The summed E-state index contributed by atoms with van der Waals surface area (Å²) in [6.07, 6.45) is 3.75. The monoisotopic (exact) mass is 306 g/mol. The molecule has 0 aliphatic carbocycles. The van der Waals surface area contributed by atoms with Gasteiger partial charge >= 0.3 is 0 Å². The van der Waals surface area contributed by atoms with E-state index >= 15 is 0 Å². The first-order valence-corrected chi connectivity index (χ1v) is 6.94. The van der Waals surface area contributed by atoms with Crippen molar-refractivity contribution in [3.8, 4) is 11.3 Å². The summed E-state index contributed by atoms with van der Waals surface area (Å²) >= 11 is 0. The van der Waals surface area contributed by atoms with E-state index < -0.39 is 0 Å². The molecular weight excluding hydrogens is 288 g/mol. The van der Waals surface area contributed by atoms with Gasteiger partial charge in [-0.2, -0.15) is 5.10 Å². The van der Waals surface area contributed by atoms with Crippen LogP contribution in [-0.2, 0) is 4.79 Å². The second-order valence-electron chi connectivity index (χ2n) is 5.08. The lowest BCUT2D eigenvalue weighted by atomic mass is 9.99. The van der Waals surface area contributed by atoms with Gasteiger partial charge in [-0.1, -0.05) is 12.1 Å². The number of piperidine rings is 1. The summed E-state index contributed by atoms with van der Waals surface area (Å²) in [5, 5.41) is 13.1. The van der Waals surface area contributed by atoms with Crippen LogP contribution in [0.5, 0.6) is 0 Å². The third kappa shape index (κ3) is 3.83. The molecule has 1 aliphatic heterocycles. The van der Waals surface area contributed by atoms with Gasteiger partial charge in [0.15, 0.2) is 0 Å². The third-order valence-electron chi connectivity index (χ3n) is 3.63. The first-order valence-electron chi connectivity index (χ1n) is 6.94. The minimum Gasteiger partial charge on any atom is -0.326 e. The van der Waals surface area contributed by atoms with Crippen molar-refractivity contribution < 1.29 is 4.79 Å². The lowest BCUT2D eigenvalue weighted by Crippen LogP contribution is -2.37. The van der Waals surface area contributed by atoms with Crippen molar-refractivity contribution >= 4 is 24.0 Å². The van der Waals surface area contributed by atoms with Gasteiger partial charge in [0, 0.05) is 18.4 Å². The molecule has 1 aromatic heterocycles. The Morgan fingerprint density at radius 3 is 2.67 bits per heavy atom. The molecule has 112 valence electrons. The Kier molecular flexibility index (Phi) is 5.36. The second kappa shape index (κ2) is 7.24. The zero-order valence-electron chi connectivity index (χ0n) is 11.6. The maximum Gasteiger partial charge on any atom is 0.228 e. The van der Waals surface area contributed by atoms with Crippen LogP contribution < -0.4 is 10.6 Å². The van der Waals surface area contributed by atoms with Crippen LogP contribution in [0.4, 0.5) is 5.69 Å². The maximum absolute atomic E-state index is 12.1. The minimum atomic E-state index is 0. The van der Waals surface area contributed by atoms with Gasteiger partial charge in [0.2, 0.25) is 5.91 Å². The molecule has 3 N–H and O–H groups in total. The van der Waals surface area contributed by atoms with E-state index in [-0.39, 0.29) is 24.2 Å². The van der Waals surface area contributed by atoms with Crippen molar-refractivity contribution in [2.45, 2.75) is 12.8 Å². The molecule has 0 bridgehead atoms. The van der Waals surface area contributed by atoms with Crippen molar-refractivity contribution in [3.05, 3.63) is 36.5 Å². The number of hydrogen-bond acceptors (Lipinski definition) is 3. The number of aromatic nitrogens is 2. The number of carbonyl (C=O) groups is 1. The van der Waals surface area contributed by atoms with E-state index in [2.05, 4.69) is 20.8 Å². The molecule has 6 heteroatoms. The van der Waals surface area contributed by atoms with Crippen LogP contribution in [0.15, 0.2) is 36.5 Å². The standard InChI is InChI=1S/C15H18N4O.ClH/c20-15(12-2-1-8-16-10-12)18-13-5-3-11(4-6-13)14-7-9-17-19-14;/h3-7,9,12,16H,1-2,8,10H2,(H,17,19)(H,18,20);1H/t12-;/m1./s1. The summed E-state index contributed by atoms with van der Waals surface area (Å²) in [7, 11) is 0. The molecule has 1 amide bonds. The molecule has 5 nitrogen and oxygen atoms in total. The van der Waals surface area contributed by atoms with Gasteiger partial charge in [-0.05, 0) is 43.1 Å². The highest BCUT2D eigenvalue weighted by Crippen LogP contribution is 2.20. The largest absolute Gasteiger partial charge is 0.326 e. The van der Waals surface area contributed by atoms with Crippen molar-refractivity contribution in [2.24, 2.45) is 5.92 Å². The Balaban J connectivity index is 0.00000161. The average Bonchev–Trinajstić information content (AvgIpc) is 3.03. The first-order chi connectivity index (χ1) is 9.83. The molecule has 0 unspecified atom stereocenters. The summed E-state index contributed by atoms with van der Waals surface area (Å²) in [5.41, 5.74) is 2.86. The highest BCUT2D eigenvalue weighted by molar-refractivity contribution is 5.93. The zero-order valence-corrected chi connectivity index (χ0v) is 12.5. The van der Waals surface area contributed by atoms with E-state index in [1.807, 2.05) is 30.3 Å². The average molecular weight is 307 g/mol. The molecule has 0 spiro atoms. The predicted octanol–water partition coefficient (Wildman–Crippen LogP) is 2.44. The quantitative estimate of drug-likeness (QED) is 0.816. The molecule has 1 saturated heterocycles. The molecule has 1 aromatic carbocycles. The van der Waals surface area contributed by atoms with Crippen LogP contribution in [-0.4, -0.2) is 29.2 Å². The SMILES string of the molecule is Cl.O=C(Nc1ccc(-c2ccn[nH]2)cc1)[C@@H]1CCCNC1. The van der Waals surface area contributed by atoms with Crippen LogP contribution in [0.1, 0.15) is 12.8 Å². The van der Waals surface area contributed by atoms with Gasteiger partial charge in [-0.25, -0.2) is 0 Å². The molecule has 2 heterocycles. The number of anilines is 1. The molecular formula is C15H19ClN4O. The fraction of sp³-hybridized carbons (Fsp3) is 0.333. The Morgan fingerprint density at radius 2 is 2.05 bits per heavy atom. The number of halogens is 1. The summed E-state index contributed by atoms with van der Waals surface area (Å²) in [5.74, 6) is 0.183. The van der Waals surface area contributed by atoms with Gasteiger partial charge in [0.05, 0.1) is 11.6 Å². The topological polar surface area (TPSA) is 69.8 Å². The van der Waals surface area contributed by atoms with Gasteiger partial charge < -0.3 is 10.6 Å². The molecule has 0 radical (unpaired) electrons. The van der Waals surface area contributed by atoms with Gasteiger partial charge in [0.25, 0.3) is 0 Å². The number of nitrogens with zero attached hydrogens (tertiary/aromatic N) is 1. The van der Waals surface area contributed by atoms with E-state index in [0.717, 1.165) is 42.9 Å². The van der Waals surface area contributed by atoms with Crippen molar-refractivity contribution in [1.29, 1.82) is 0 Å². The van der Waals surface area contributed by atoms with Crippen molar-refractivity contribution in [3.63, 3.8) is 0 Å². The summed E-state index contributed by atoms with van der Waals surface area (Å²) < 4.78 is 0. The fourth-order valence-electron chi connectivity index (χ4n) is 2.47. The Hall–Kier alpha value is -1.85. The molecule has 21 heavy (non-hydrogen) atoms. The molecule has 0 saturated carbocycles. The Labute approximate surface area is 129 Å². The van der Waals surface area contributed by atoms with E-state index in [9.17, 15) is 4.79 Å². The van der Waals surface area contributed by atoms with Crippen molar-refractivity contribution in [1.82, 2.24) is 15.5 Å². The summed E-state index contributed by atoms with van der Waals surface area (Å²) in [6.45, 7) is 1.79. The van der Waals surface area contributed by atoms with E-state index in [4.69, 9.17) is 0 Å². The van der Waals surface area contributed by atoms with Crippen LogP contribution in [0.2, 0.25) is 0 Å². The highest BCUT2D eigenvalue weighted by Gasteiger charge is 2.20. The van der Waals surface area contributed by atoms with Crippen LogP contribution >= 0.6 is 12.4 Å². The van der Waals surface area contributed by atoms with E-state index in [1.54, 1.807) is 6.20 Å². The van der Waals surface area contributed by atoms with Gasteiger partial charge in [-0.15, -0.1) is 12.4 Å². The Bertz CT molecular complexity index is 562. The van der Waals surface area contributed by atoms with Gasteiger partial charge in [-0.3, -0.25) is 9.89 Å². The van der Waals surface area contributed by atoms with Gasteiger partial charge in [0.1, 0.15) is 0 Å². The molecule has 3 rings (SSSR count). The van der Waals surface area contributed by atoms with Crippen LogP contribution in [0, 0.1) is 5.92 Å². The maximum atomic E-state index is 12.1. The lowest BCUT2D eigenvalue weighted by Gasteiger charge is -2.21. The number of nitrogens with one attached hydrogen (secondary N) is 3. The summed E-state index contributed by atoms with van der Waals surface area (Å²) in [6, 6.07) is 9.71. The number of rotatable bonds is 3. The van der Waals surface area contributed by atoms with Crippen LogP contribution in [0.3, 0.4) is 0 Å². The number of H-pyrrole nitrogens is 1. The fourth-order valence-corrected chi connectivity index (χ4v) is 2.47. The number of hydrogen-bond donors (Lipinski definition) is 3. The molecule has 2 aromatic rings. The molecule has 1 fully saturated rings. The normalized spacial score (nSPS) is 17.8. The second-order valence-corrected chi connectivity index (χ2v) is 5.08. The lowest BCUT2D eigenvalue weighted by molar-refractivity contribution is -0.120. The minimum absolute atomic E-state index is 0. The smallest absolute Gasteiger partial charge is 0.228 e. The first kappa shape index (κ1) is 15.5. The van der Waals surface area contributed by atoms with Crippen LogP contribution in [0.25, 0.3) is 11.3 Å². The number of aromatic amines is 1. The van der Waals surface area contributed by atoms with E-state index in [1.165, 1.54) is 0 Å². The molecule has 1 atom stereocenters. The summed E-state index contributed by atoms with van der Waals surface area (Å²) in [4.78, 5) is 12.1. The Morgan fingerprint density at radius 1 is 1.24 bits per heavy atom. The highest BCUT2D eigenvalue weighted by atomic mass is 35.5. The number of amides is 1. The number of carbonyl (C=O) groups excluding carboxylic acids is 1. The van der Waals surface area contributed by atoms with E-state index in [0.29, 0.717) is 0 Å². The third-order valence-corrected chi connectivity index (χ3v) is 3.63. The predicted molar refractivity (Wildman–Crippen MR) is 85.5 cm³/mol. The number of benzene rings is 1. The molecule has 1 aliphatic rings.